The normalized spacial score (nSPS) is 12.8. The first kappa shape index (κ1) is 25.4. The van der Waals surface area contributed by atoms with Crippen LogP contribution in [0.3, 0.4) is 0 Å². The highest BCUT2D eigenvalue weighted by Gasteiger charge is 2.25. The van der Waals surface area contributed by atoms with Crippen molar-refractivity contribution in [2.24, 2.45) is 4.99 Å². The average Bonchev–Trinajstić information content (AvgIpc) is 3.28. The van der Waals surface area contributed by atoms with Crippen molar-refractivity contribution >= 4 is 38.6 Å². The molecular weight excluding hydrogens is 528 g/mol. The predicted molar refractivity (Wildman–Crippen MR) is 139 cm³/mol. The van der Waals surface area contributed by atoms with Gasteiger partial charge in [-0.3, -0.25) is 9.29 Å². The van der Waals surface area contributed by atoms with Gasteiger partial charge in [-0.2, -0.15) is 0 Å². The molecule has 3 aromatic heterocycles. The van der Waals surface area contributed by atoms with Gasteiger partial charge in [-0.05, 0) is 24.8 Å². The first-order chi connectivity index (χ1) is 18.8. The third-order valence-electron chi connectivity index (χ3n) is 5.22. The Bertz CT molecular complexity index is 1820. The number of aliphatic imine (C=N–C) groups is 1. The minimum absolute atomic E-state index is 0.0346. The SMILES string of the molecule is CCOC1=NC(c2nc3nnc(NS(=O)(=O)Cc4ncc(O)cn4)cc3n2-c2c(O)cccc2OC)=C=C=C1. The van der Waals surface area contributed by atoms with Gasteiger partial charge in [0.15, 0.2) is 23.1 Å². The molecule has 0 saturated heterocycles. The molecule has 198 valence electrons. The van der Waals surface area contributed by atoms with Crippen LogP contribution in [0.2, 0.25) is 0 Å². The number of aromatic nitrogens is 6. The molecule has 0 fully saturated rings. The molecule has 0 saturated carbocycles. The van der Waals surface area contributed by atoms with Crippen molar-refractivity contribution in [3.05, 3.63) is 65.8 Å². The Hall–Kier alpha value is -5.23. The largest absolute Gasteiger partial charge is 0.506 e. The Kier molecular flexibility index (Phi) is 6.69. The molecule has 0 atom stereocenters. The molecule has 15 heteroatoms. The molecule has 14 nitrogen and oxygen atoms in total. The number of benzene rings is 1. The molecule has 4 aromatic rings. The number of nitrogens with zero attached hydrogens (tertiary/aromatic N) is 7. The van der Waals surface area contributed by atoms with E-state index in [1.54, 1.807) is 12.1 Å². The van der Waals surface area contributed by atoms with Crippen LogP contribution in [-0.2, 0) is 20.5 Å². The fourth-order valence-electron chi connectivity index (χ4n) is 3.67. The summed E-state index contributed by atoms with van der Waals surface area (Å²) in [6.07, 6.45) is 3.70. The van der Waals surface area contributed by atoms with E-state index in [1.165, 1.54) is 29.9 Å². The summed E-state index contributed by atoms with van der Waals surface area (Å²) in [5.74, 6) is -0.321. The zero-order chi connectivity index (χ0) is 27.6. The molecule has 1 aliphatic heterocycles. The van der Waals surface area contributed by atoms with Crippen LogP contribution in [0, 0.1) is 0 Å². The molecule has 0 aliphatic carbocycles. The van der Waals surface area contributed by atoms with Crippen LogP contribution in [0.5, 0.6) is 17.2 Å². The van der Waals surface area contributed by atoms with Gasteiger partial charge >= 0.3 is 0 Å². The lowest BCUT2D eigenvalue weighted by Crippen LogP contribution is -2.17. The van der Waals surface area contributed by atoms with E-state index in [0.717, 1.165) is 12.4 Å². The summed E-state index contributed by atoms with van der Waals surface area (Å²) in [6, 6.07) is 6.11. The summed E-state index contributed by atoms with van der Waals surface area (Å²) >= 11 is 0. The van der Waals surface area contributed by atoms with Crippen molar-refractivity contribution in [3.63, 3.8) is 0 Å². The highest BCUT2D eigenvalue weighted by molar-refractivity contribution is 7.91. The molecule has 1 aliphatic rings. The summed E-state index contributed by atoms with van der Waals surface area (Å²) in [5.41, 5.74) is 6.53. The van der Waals surface area contributed by atoms with Gasteiger partial charge in [-0.25, -0.2) is 28.4 Å². The van der Waals surface area contributed by atoms with Crippen LogP contribution >= 0.6 is 0 Å². The molecule has 0 unspecified atom stereocenters. The van der Waals surface area contributed by atoms with Gasteiger partial charge in [0.05, 0.1) is 37.7 Å². The highest BCUT2D eigenvalue weighted by Crippen LogP contribution is 2.37. The number of imidazole rings is 1. The lowest BCUT2D eigenvalue weighted by atomic mass is 10.2. The third kappa shape index (κ3) is 5.26. The Morgan fingerprint density at radius 3 is 2.69 bits per heavy atom. The van der Waals surface area contributed by atoms with E-state index in [1.807, 2.05) is 6.92 Å². The number of hydrogen-bond donors (Lipinski definition) is 3. The number of nitrogens with one attached hydrogen (secondary N) is 1. The zero-order valence-electron chi connectivity index (χ0n) is 20.5. The second-order valence-electron chi connectivity index (χ2n) is 7.90. The zero-order valence-corrected chi connectivity index (χ0v) is 21.3. The molecule has 0 radical (unpaired) electrons. The van der Waals surface area contributed by atoms with Crippen LogP contribution in [0.25, 0.3) is 22.5 Å². The Morgan fingerprint density at radius 1 is 1.15 bits per heavy atom. The molecule has 0 bridgehead atoms. The molecule has 0 amide bonds. The molecule has 39 heavy (non-hydrogen) atoms. The molecular formula is C24H20N8O6S. The third-order valence-corrected chi connectivity index (χ3v) is 6.38. The Labute approximate surface area is 221 Å². The van der Waals surface area contributed by atoms with E-state index in [9.17, 15) is 18.6 Å². The van der Waals surface area contributed by atoms with Crippen LogP contribution in [0.15, 0.2) is 59.2 Å². The van der Waals surface area contributed by atoms with Crippen molar-refractivity contribution in [3.8, 4) is 22.9 Å². The van der Waals surface area contributed by atoms with Crippen LogP contribution < -0.4 is 9.46 Å². The van der Waals surface area contributed by atoms with Crippen LogP contribution in [-0.4, -0.2) is 68.0 Å². The van der Waals surface area contributed by atoms with E-state index < -0.39 is 15.8 Å². The monoisotopic (exact) mass is 548 g/mol. The van der Waals surface area contributed by atoms with Gasteiger partial charge in [-0.1, -0.05) is 11.8 Å². The number of para-hydroxylation sites is 1. The van der Waals surface area contributed by atoms with E-state index in [0.29, 0.717) is 12.4 Å². The van der Waals surface area contributed by atoms with Crippen LogP contribution in [0.1, 0.15) is 18.6 Å². The Morgan fingerprint density at radius 2 is 1.95 bits per heavy atom. The van der Waals surface area contributed by atoms with Gasteiger partial charge in [0, 0.05) is 6.07 Å². The van der Waals surface area contributed by atoms with Crippen molar-refractivity contribution in [2.45, 2.75) is 12.7 Å². The van der Waals surface area contributed by atoms with Gasteiger partial charge in [-0.15, -0.1) is 10.2 Å². The number of fused-ring (bicyclic) bond motifs is 1. The number of phenolic OH excluding ortho intramolecular Hbond substituents is 1. The van der Waals surface area contributed by atoms with E-state index in [2.05, 4.69) is 46.3 Å². The number of sulfonamides is 1. The standard InChI is InChI=1S/C24H20N8O6S/c1-3-38-21-9-4-6-15(27-21)24-28-23-16(32(24)22-17(34)7-5-8-18(22)37-2)10-19(29-30-23)31-39(35,36)13-20-25-11-14(33)12-26-20/h5,7-12,33-34H,3,13H2,1-2H3,(H,29,31). The number of hydrogen-bond acceptors (Lipinski definition) is 12. The van der Waals surface area contributed by atoms with Crippen LogP contribution in [0.4, 0.5) is 5.82 Å². The second-order valence-corrected chi connectivity index (χ2v) is 9.62. The maximum absolute atomic E-state index is 12.8. The number of rotatable bonds is 8. The van der Waals surface area contributed by atoms with Gasteiger partial charge in [0.1, 0.15) is 28.8 Å². The first-order valence-corrected chi connectivity index (χ1v) is 13.0. The molecule has 5 rings (SSSR count). The molecule has 1 aromatic carbocycles. The lowest BCUT2D eigenvalue weighted by molar-refractivity contribution is 0.330. The molecule has 4 heterocycles. The quantitative estimate of drug-likeness (QED) is 0.274. The summed E-state index contributed by atoms with van der Waals surface area (Å²) < 4.78 is 40.4. The summed E-state index contributed by atoms with van der Waals surface area (Å²) in [4.78, 5) is 16.5. The van der Waals surface area contributed by atoms with Crippen molar-refractivity contribution in [2.75, 3.05) is 18.4 Å². The van der Waals surface area contributed by atoms with Gasteiger partial charge in [0.2, 0.25) is 21.6 Å². The maximum Gasteiger partial charge on any atom is 0.241 e. The van der Waals surface area contributed by atoms with E-state index in [-0.39, 0.29) is 57.4 Å². The van der Waals surface area contributed by atoms with E-state index in [4.69, 9.17) is 9.47 Å². The Balaban J connectivity index is 1.65. The minimum atomic E-state index is -4.03. The van der Waals surface area contributed by atoms with Crippen molar-refractivity contribution in [1.29, 1.82) is 0 Å². The molecule has 0 spiro atoms. The maximum atomic E-state index is 12.8. The summed E-state index contributed by atoms with van der Waals surface area (Å²) in [7, 11) is -2.59. The number of ether oxygens (including phenoxy) is 2. The van der Waals surface area contributed by atoms with Crippen molar-refractivity contribution < 1.29 is 28.1 Å². The second kappa shape index (κ2) is 10.3. The number of methoxy groups -OCH3 is 1. The van der Waals surface area contributed by atoms with Gasteiger partial charge in [0.25, 0.3) is 0 Å². The smallest absolute Gasteiger partial charge is 0.241 e. The fraction of sp³-hybridized carbons (Fsp3) is 0.167. The van der Waals surface area contributed by atoms with E-state index >= 15 is 0 Å². The highest BCUT2D eigenvalue weighted by atomic mass is 32.2. The van der Waals surface area contributed by atoms with Gasteiger partial charge < -0.3 is 19.7 Å². The average molecular weight is 549 g/mol. The first-order valence-electron chi connectivity index (χ1n) is 11.3. The number of phenols is 1. The topological polar surface area (TPSA) is 187 Å². The summed E-state index contributed by atoms with van der Waals surface area (Å²) in [5, 5.41) is 28.2. The number of anilines is 1. The number of aromatic hydroxyl groups is 2. The summed E-state index contributed by atoms with van der Waals surface area (Å²) in [6.45, 7) is 2.18. The lowest BCUT2D eigenvalue weighted by Gasteiger charge is -2.15. The molecule has 3 N–H and O–H groups in total. The predicted octanol–water partition coefficient (Wildman–Crippen LogP) is 2.07. The minimum Gasteiger partial charge on any atom is -0.506 e. The fourth-order valence-corrected chi connectivity index (χ4v) is 4.65. The van der Waals surface area contributed by atoms with Crippen molar-refractivity contribution in [1.82, 2.24) is 29.7 Å².